The Bertz CT molecular complexity index is 598. The monoisotopic (exact) mass is 347 g/mol. The zero-order valence-corrected chi connectivity index (χ0v) is 14.4. The van der Waals surface area contributed by atoms with Gasteiger partial charge in [0.15, 0.2) is 0 Å². The zero-order valence-electron chi connectivity index (χ0n) is 12.8. The summed E-state index contributed by atoms with van der Waals surface area (Å²) in [5.74, 6) is 0.947. The molecule has 0 aliphatic rings. The van der Waals surface area contributed by atoms with Crippen LogP contribution in [0.15, 0.2) is 46.9 Å². The van der Waals surface area contributed by atoms with Crippen LogP contribution in [0.5, 0.6) is 5.75 Å². The van der Waals surface area contributed by atoms with Crippen molar-refractivity contribution in [3.63, 3.8) is 0 Å². The molecule has 0 fully saturated rings. The van der Waals surface area contributed by atoms with Crippen LogP contribution in [0.2, 0.25) is 0 Å². The lowest BCUT2D eigenvalue weighted by atomic mass is 9.97. The summed E-state index contributed by atoms with van der Waals surface area (Å²) in [6.45, 7) is 5.14. The summed E-state index contributed by atoms with van der Waals surface area (Å²) in [5.41, 5.74) is 3.73. The first-order valence-corrected chi connectivity index (χ1v) is 8.06. The van der Waals surface area contributed by atoms with Gasteiger partial charge in [-0.2, -0.15) is 0 Å². The Morgan fingerprint density at radius 3 is 2.62 bits per heavy atom. The van der Waals surface area contributed by atoms with E-state index in [9.17, 15) is 0 Å². The standard InChI is InChI=1S/C18H22BrNO/c1-4-20-17(11-14-7-5-6-8-16(14)19)15-10-9-13(2)18(12-15)21-3/h5-10,12,17,20H,4,11H2,1-3H3. The SMILES string of the molecule is CCNC(Cc1ccccc1Br)c1ccc(C)c(OC)c1. The van der Waals surface area contributed by atoms with Gasteiger partial charge in [-0.15, -0.1) is 0 Å². The first kappa shape index (κ1) is 16.1. The number of ether oxygens (including phenoxy) is 1. The van der Waals surface area contributed by atoms with Crippen molar-refractivity contribution < 1.29 is 4.74 Å². The third-order valence-electron chi connectivity index (χ3n) is 3.67. The number of hydrogen-bond acceptors (Lipinski definition) is 2. The molecule has 3 heteroatoms. The Hall–Kier alpha value is -1.32. The van der Waals surface area contributed by atoms with Crippen LogP contribution in [0.4, 0.5) is 0 Å². The minimum Gasteiger partial charge on any atom is -0.496 e. The molecule has 0 aliphatic carbocycles. The Labute approximate surface area is 135 Å². The predicted molar refractivity (Wildman–Crippen MR) is 92.0 cm³/mol. The van der Waals surface area contributed by atoms with Crippen LogP contribution >= 0.6 is 15.9 Å². The number of aryl methyl sites for hydroxylation is 1. The van der Waals surface area contributed by atoms with E-state index in [0.29, 0.717) is 0 Å². The molecule has 0 aliphatic heterocycles. The molecule has 0 radical (unpaired) electrons. The summed E-state index contributed by atoms with van der Waals surface area (Å²) in [5, 5.41) is 3.57. The van der Waals surface area contributed by atoms with Gasteiger partial charge in [0.2, 0.25) is 0 Å². The molecule has 1 N–H and O–H groups in total. The van der Waals surface area contributed by atoms with Crippen molar-refractivity contribution in [1.29, 1.82) is 0 Å². The molecule has 0 heterocycles. The van der Waals surface area contributed by atoms with Gasteiger partial charge in [0.25, 0.3) is 0 Å². The second-order valence-corrected chi connectivity index (χ2v) is 5.99. The smallest absolute Gasteiger partial charge is 0.122 e. The summed E-state index contributed by atoms with van der Waals surface area (Å²) < 4.78 is 6.61. The van der Waals surface area contributed by atoms with E-state index >= 15 is 0 Å². The van der Waals surface area contributed by atoms with Gasteiger partial charge in [0.05, 0.1) is 7.11 Å². The Balaban J connectivity index is 2.28. The van der Waals surface area contributed by atoms with Crippen molar-refractivity contribution in [2.45, 2.75) is 26.3 Å². The molecule has 0 amide bonds. The van der Waals surface area contributed by atoms with Gasteiger partial charge in [-0.3, -0.25) is 0 Å². The fraction of sp³-hybridized carbons (Fsp3) is 0.333. The number of nitrogens with one attached hydrogen (secondary N) is 1. The molecule has 21 heavy (non-hydrogen) atoms. The number of hydrogen-bond donors (Lipinski definition) is 1. The van der Waals surface area contributed by atoms with E-state index in [1.165, 1.54) is 11.1 Å². The molecule has 1 atom stereocenters. The third kappa shape index (κ3) is 4.08. The molecule has 0 bridgehead atoms. The second-order valence-electron chi connectivity index (χ2n) is 5.13. The van der Waals surface area contributed by atoms with E-state index in [1.54, 1.807) is 7.11 Å². The van der Waals surface area contributed by atoms with Gasteiger partial charge < -0.3 is 10.1 Å². The van der Waals surface area contributed by atoms with E-state index in [2.05, 4.69) is 71.5 Å². The Morgan fingerprint density at radius 2 is 1.95 bits per heavy atom. The lowest BCUT2D eigenvalue weighted by Gasteiger charge is -2.20. The van der Waals surface area contributed by atoms with Crippen LogP contribution in [0.3, 0.4) is 0 Å². The van der Waals surface area contributed by atoms with Crippen LogP contribution in [0.25, 0.3) is 0 Å². The molecule has 1 unspecified atom stereocenters. The van der Waals surface area contributed by atoms with Gasteiger partial charge in [-0.05, 0) is 48.7 Å². The molecule has 0 aromatic heterocycles. The fourth-order valence-corrected chi connectivity index (χ4v) is 2.94. The van der Waals surface area contributed by atoms with Crippen molar-refractivity contribution in [1.82, 2.24) is 5.32 Å². The van der Waals surface area contributed by atoms with Crippen molar-refractivity contribution >= 4 is 15.9 Å². The zero-order chi connectivity index (χ0) is 15.2. The summed E-state index contributed by atoms with van der Waals surface area (Å²) in [4.78, 5) is 0. The van der Waals surface area contributed by atoms with Gasteiger partial charge in [0.1, 0.15) is 5.75 Å². The molecular weight excluding hydrogens is 326 g/mol. The van der Waals surface area contributed by atoms with Crippen molar-refractivity contribution in [3.05, 3.63) is 63.6 Å². The van der Waals surface area contributed by atoms with Gasteiger partial charge in [-0.1, -0.05) is 53.2 Å². The minimum absolute atomic E-state index is 0.281. The Kier molecular flexibility index (Phi) is 5.83. The number of methoxy groups -OCH3 is 1. The largest absolute Gasteiger partial charge is 0.496 e. The van der Waals surface area contributed by atoms with Crippen molar-refractivity contribution in [2.75, 3.05) is 13.7 Å². The Morgan fingerprint density at radius 1 is 1.19 bits per heavy atom. The molecule has 2 nitrogen and oxygen atoms in total. The highest BCUT2D eigenvalue weighted by Crippen LogP contribution is 2.27. The maximum absolute atomic E-state index is 5.45. The van der Waals surface area contributed by atoms with Crippen molar-refractivity contribution in [3.8, 4) is 5.75 Å². The average Bonchev–Trinajstić information content (AvgIpc) is 2.49. The van der Waals surface area contributed by atoms with E-state index in [0.717, 1.165) is 28.8 Å². The summed E-state index contributed by atoms with van der Waals surface area (Å²) in [6.07, 6.45) is 0.946. The molecule has 112 valence electrons. The van der Waals surface area contributed by atoms with Crippen LogP contribution in [0.1, 0.15) is 29.7 Å². The highest BCUT2D eigenvalue weighted by molar-refractivity contribution is 9.10. The third-order valence-corrected chi connectivity index (χ3v) is 4.44. The normalized spacial score (nSPS) is 12.2. The molecule has 2 aromatic carbocycles. The van der Waals surface area contributed by atoms with E-state index in [-0.39, 0.29) is 6.04 Å². The quantitative estimate of drug-likeness (QED) is 0.820. The minimum atomic E-state index is 0.281. The average molecular weight is 348 g/mol. The highest BCUT2D eigenvalue weighted by Gasteiger charge is 2.14. The summed E-state index contributed by atoms with van der Waals surface area (Å²) >= 11 is 3.64. The van der Waals surface area contributed by atoms with E-state index in [4.69, 9.17) is 4.74 Å². The van der Waals surface area contributed by atoms with Crippen LogP contribution in [-0.2, 0) is 6.42 Å². The number of halogens is 1. The molecule has 0 saturated heterocycles. The predicted octanol–water partition coefficient (Wildman–Crippen LogP) is 4.66. The summed E-state index contributed by atoms with van der Waals surface area (Å²) in [7, 11) is 1.72. The maximum atomic E-state index is 5.45. The van der Waals surface area contributed by atoms with Crippen LogP contribution < -0.4 is 10.1 Å². The first-order chi connectivity index (χ1) is 10.2. The van der Waals surface area contributed by atoms with Gasteiger partial charge in [-0.25, -0.2) is 0 Å². The highest BCUT2D eigenvalue weighted by atomic mass is 79.9. The van der Waals surface area contributed by atoms with Crippen LogP contribution in [-0.4, -0.2) is 13.7 Å². The number of likely N-dealkylation sites (N-methyl/N-ethyl adjacent to an activating group) is 1. The van der Waals surface area contributed by atoms with Crippen LogP contribution in [0, 0.1) is 6.92 Å². The maximum Gasteiger partial charge on any atom is 0.122 e. The topological polar surface area (TPSA) is 21.3 Å². The van der Waals surface area contributed by atoms with Gasteiger partial charge >= 0.3 is 0 Å². The summed E-state index contributed by atoms with van der Waals surface area (Å²) in [6, 6.07) is 15.1. The van der Waals surface area contributed by atoms with Gasteiger partial charge in [0, 0.05) is 10.5 Å². The molecule has 0 spiro atoms. The molecule has 0 saturated carbocycles. The lowest BCUT2D eigenvalue weighted by Crippen LogP contribution is -2.23. The van der Waals surface area contributed by atoms with E-state index in [1.807, 2.05) is 6.07 Å². The van der Waals surface area contributed by atoms with Crippen molar-refractivity contribution in [2.24, 2.45) is 0 Å². The molecular formula is C18H22BrNO. The number of benzene rings is 2. The number of rotatable bonds is 6. The molecule has 2 aromatic rings. The van der Waals surface area contributed by atoms with E-state index < -0.39 is 0 Å². The first-order valence-electron chi connectivity index (χ1n) is 7.27. The molecule has 2 rings (SSSR count). The second kappa shape index (κ2) is 7.62. The fourth-order valence-electron chi connectivity index (χ4n) is 2.49. The lowest BCUT2D eigenvalue weighted by molar-refractivity contribution is 0.410.